The second kappa shape index (κ2) is 8.70. The summed E-state index contributed by atoms with van der Waals surface area (Å²) in [5.74, 6) is -1.16. The van der Waals surface area contributed by atoms with Gasteiger partial charge >= 0.3 is 11.9 Å². The van der Waals surface area contributed by atoms with E-state index in [4.69, 9.17) is 10.2 Å². The average molecular weight is 498 g/mol. The van der Waals surface area contributed by atoms with Gasteiger partial charge in [-0.1, -0.05) is 6.42 Å². The molecule has 0 atom stereocenters. The Morgan fingerprint density at radius 2 is 1.97 bits per heavy atom. The molecule has 0 radical (unpaired) electrons. The van der Waals surface area contributed by atoms with Gasteiger partial charge in [0.25, 0.3) is 0 Å². The van der Waals surface area contributed by atoms with Gasteiger partial charge in [-0.2, -0.15) is 18.2 Å². The minimum Gasteiger partial charge on any atom is -0.408 e. The Hall–Kier alpha value is -4.35. The summed E-state index contributed by atoms with van der Waals surface area (Å²) in [5, 5.41) is 6.00. The maximum absolute atomic E-state index is 13.6. The number of hydrogen-bond donors (Lipinski definition) is 4. The molecule has 2 aromatic heterocycles. The first kappa shape index (κ1) is 23.4. The van der Waals surface area contributed by atoms with E-state index in [1.165, 1.54) is 6.20 Å². The van der Waals surface area contributed by atoms with E-state index < -0.39 is 23.4 Å². The third-order valence-electron chi connectivity index (χ3n) is 6.19. The fourth-order valence-corrected chi connectivity index (χ4v) is 4.18. The lowest BCUT2D eigenvalue weighted by Gasteiger charge is -2.30. The molecule has 4 aromatic rings. The van der Waals surface area contributed by atoms with Crippen molar-refractivity contribution >= 4 is 40.1 Å². The van der Waals surface area contributed by atoms with Crippen molar-refractivity contribution < 1.29 is 22.4 Å². The number of nitrogens with zero attached hydrogens (tertiary/aromatic N) is 2. The summed E-state index contributed by atoms with van der Waals surface area (Å²) in [6.45, 7) is 1.76. The van der Waals surface area contributed by atoms with Crippen LogP contribution in [0.4, 0.5) is 36.3 Å². The first-order chi connectivity index (χ1) is 17.1. The molecule has 36 heavy (non-hydrogen) atoms. The minimum atomic E-state index is -4.67. The molecule has 2 heterocycles. The summed E-state index contributed by atoms with van der Waals surface area (Å²) in [6, 6.07) is 6.73. The van der Waals surface area contributed by atoms with E-state index in [1.807, 2.05) is 0 Å². The number of H-pyrrole nitrogens is 1. The van der Waals surface area contributed by atoms with Crippen LogP contribution in [0.25, 0.3) is 11.1 Å². The van der Waals surface area contributed by atoms with Gasteiger partial charge in [0.1, 0.15) is 5.82 Å². The van der Waals surface area contributed by atoms with Crippen molar-refractivity contribution in [3.05, 3.63) is 69.3 Å². The van der Waals surface area contributed by atoms with Crippen molar-refractivity contribution in [3.63, 3.8) is 0 Å². The molecule has 1 aliphatic rings. The highest BCUT2D eigenvalue weighted by atomic mass is 19.4. The van der Waals surface area contributed by atoms with Crippen molar-refractivity contribution in [1.29, 1.82) is 0 Å². The topological polar surface area (TPSA) is 139 Å². The fourth-order valence-electron chi connectivity index (χ4n) is 4.18. The molecule has 0 saturated heterocycles. The van der Waals surface area contributed by atoms with Crippen LogP contribution >= 0.6 is 0 Å². The number of anilines is 4. The highest BCUT2D eigenvalue weighted by Gasteiger charge is 2.35. The summed E-state index contributed by atoms with van der Waals surface area (Å²) in [5.41, 5.74) is 7.00. The lowest BCUT2D eigenvalue weighted by Crippen LogP contribution is -2.22. The number of alkyl halides is 3. The molecule has 186 valence electrons. The van der Waals surface area contributed by atoms with E-state index in [0.717, 1.165) is 31.4 Å². The second-order valence-corrected chi connectivity index (χ2v) is 8.68. The van der Waals surface area contributed by atoms with Crippen LogP contribution in [0.5, 0.6) is 0 Å². The monoisotopic (exact) mass is 498 g/mol. The molecule has 0 spiro atoms. The number of nitrogens with one attached hydrogen (secondary N) is 3. The first-order valence-corrected chi connectivity index (χ1v) is 11.1. The van der Waals surface area contributed by atoms with Crippen LogP contribution in [0.3, 0.4) is 0 Å². The zero-order chi connectivity index (χ0) is 25.6. The minimum absolute atomic E-state index is 0.0382. The number of amides is 1. The van der Waals surface area contributed by atoms with Crippen LogP contribution in [0, 0.1) is 6.92 Å². The number of carbonyl (C=O) groups is 1. The number of aryl methyl sites for hydroxylation is 1. The number of rotatable bonds is 6. The summed E-state index contributed by atoms with van der Waals surface area (Å²) in [4.78, 5) is 34.7. The van der Waals surface area contributed by atoms with E-state index in [1.54, 1.807) is 25.1 Å². The quantitative estimate of drug-likeness (QED) is 0.290. The largest absolute Gasteiger partial charge is 0.417 e. The smallest absolute Gasteiger partial charge is 0.408 e. The molecule has 0 aliphatic heterocycles. The van der Waals surface area contributed by atoms with E-state index in [-0.39, 0.29) is 23.1 Å². The molecule has 1 amide bonds. The van der Waals surface area contributed by atoms with Gasteiger partial charge in [0.05, 0.1) is 11.1 Å². The van der Waals surface area contributed by atoms with Crippen molar-refractivity contribution in [2.75, 3.05) is 10.6 Å². The van der Waals surface area contributed by atoms with Crippen molar-refractivity contribution in [3.8, 4) is 0 Å². The van der Waals surface area contributed by atoms with Crippen LogP contribution < -0.4 is 22.1 Å². The normalized spacial score (nSPS) is 14.0. The highest BCUT2D eigenvalue weighted by Crippen LogP contribution is 2.44. The van der Waals surface area contributed by atoms with E-state index >= 15 is 0 Å². The predicted molar refractivity (Wildman–Crippen MR) is 127 cm³/mol. The van der Waals surface area contributed by atoms with Crippen molar-refractivity contribution in [2.45, 2.75) is 38.3 Å². The van der Waals surface area contributed by atoms with Gasteiger partial charge in [0, 0.05) is 28.7 Å². The Bertz CT molecular complexity index is 1540. The highest BCUT2D eigenvalue weighted by molar-refractivity contribution is 5.97. The lowest BCUT2D eigenvalue weighted by atomic mass is 9.76. The molecule has 1 saturated carbocycles. The molecule has 0 unspecified atom stereocenters. The van der Waals surface area contributed by atoms with E-state index in [0.29, 0.717) is 33.7 Å². The zero-order valence-electron chi connectivity index (χ0n) is 19.0. The van der Waals surface area contributed by atoms with Crippen LogP contribution in [-0.4, -0.2) is 20.9 Å². The van der Waals surface area contributed by atoms with Gasteiger partial charge < -0.3 is 20.8 Å². The molecular weight excluding hydrogens is 477 g/mol. The number of nitrogens with two attached hydrogens (primary N) is 1. The third-order valence-corrected chi connectivity index (χ3v) is 6.19. The number of benzene rings is 2. The molecular formula is C24H21F3N6O3. The molecule has 9 nitrogen and oxygen atoms in total. The van der Waals surface area contributed by atoms with Crippen LogP contribution in [-0.2, 0) is 6.18 Å². The lowest BCUT2D eigenvalue weighted by molar-refractivity contribution is -0.137. The van der Waals surface area contributed by atoms with Gasteiger partial charge in [0.15, 0.2) is 5.58 Å². The van der Waals surface area contributed by atoms with Gasteiger partial charge in [-0.3, -0.25) is 9.78 Å². The third kappa shape index (κ3) is 4.49. The second-order valence-electron chi connectivity index (χ2n) is 8.68. The Morgan fingerprint density at radius 1 is 1.19 bits per heavy atom. The fraction of sp³-hybridized carbons (Fsp3) is 0.250. The van der Waals surface area contributed by atoms with Crippen molar-refractivity contribution in [1.82, 2.24) is 15.0 Å². The molecule has 1 aliphatic carbocycles. The van der Waals surface area contributed by atoms with Crippen molar-refractivity contribution in [2.24, 2.45) is 5.73 Å². The number of oxazole rings is 1. The van der Waals surface area contributed by atoms with Crippen LogP contribution in [0.2, 0.25) is 0 Å². The standard InChI is InChI=1S/C24H21F3N6O3/c1-11-10-29-22(33-21(11)30-14-5-6-18-16(9-14)32-23(35)36-18)31-17-8-13(24(25,26)27)7-15(20(28)34)19(17)12-3-2-4-12/h5-10,12H,2-4H2,1H3,(H2,28,34)(H,32,35)(H2,29,30,31,33). The Kier molecular flexibility index (Phi) is 5.65. The number of halogens is 3. The molecule has 2 aromatic carbocycles. The Labute approximate surface area is 201 Å². The average Bonchev–Trinajstić information content (AvgIpc) is 3.14. The molecule has 5 N–H and O–H groups in total. The molecule has 1 fully saturated rings. The number of carbonyl (C=O) groups excluding carboxylic acids is 1. The number of primary amides is 1. The van der Waals surface area contributed by atoms with Gasteiger partial charge in [-0.25, -0.2) is 9.78 Å². The zero-order valence-corrected chi connectivity index (χ0v) is 19.0. The Morgan fingerprint density at radius 3 is 2.64 bits per heavy atom. The summed E-state index contributed by atoms with van der Waals surface area (Å²) in [7, 11) is 0. The summed E-state index contributed by atoms with van der Waals surface area (Å²) >= 11 is 0. The predicted octanol–water partition coefficient (Wildman–Crippen LogP) is 5.09. The van der Waals surface area contributed by atoms with Gasteiger partial charge in [-0.15, -0.1) is 0 Å². The first-order valence-electron chi connectivity index (χ1n) is 11.1. The van der Waals surface area contributed by atoms with Gasteiger partial charge in [-0.05, 0) is 61.6 Å². The molecule has 5 rings (SSSR count). The maximum Gasteiger partial charge on any atom is 0.417 e. The van der Waals surface area contributed by atoms with Gasteiger partial charge in [0.2, 0.25) is 11.9 Å². The molecule has 0 bridgehead atoms. The number of fused-ring (bicyclic) bond motifs is 1. The number of aromatic amines is 1. The SMILES string of the molecule is Cc1cnc(Nc2cc(C(F)(F)F)cc(C(N)=O)c2C2CCC2)nc1Nc1ccc2oc(=O)[nH]c2c1. The van der Waals surface area contributed by atoms with E-state index in [9.17, 15) is 22.8 Å². The Balaban J connectivity index is 1.52. The van der Waals surface area contributed by atoms with Crippen LogP contribution in [0.15, 0.2) is 45.7 Å². The van der Waals surface area contributed by atoms with E-state index in [2.05, 4.69) is 25.6 Å². The number of aromatic nitrogens is 3. The van der Waals surface area contributed by atoms with Crippen LogP contribution in [0.1, 0.15) is 52.2 Å². The summed E-state index contributed by atoms with van der Waals surface area (Å²) in [6.07, 6.45) is -0.778. The number of hydrogen-bond acceptors (Lipinski definition) is 7. The molecule has 12 heteroatoms. The summed E-state index contributed by atoms with van der Waals surface area (Å²) < 4.78 is 45.8. The maximum atomic E-state index is 13.6.